The quantitative estimate of drug-likeness (QED) is 0.357. The Morgan fingerprint density at radius 3 is 2.47 bits per heavy atom. The van der Waals surface area contributed by atoms with Crippen molar-refractivity contribution in [2.45, 2.75) is 25.5 Å². The SMILES string of the molecule is COc1ccccc1NC(=O)C1=C(C)NC(SCc2ccc(C)cc2)=C(C#N)C1c1ccccc1Cl. The number of nitrogens with zero attached hydrogens (tertiary/aromatic N) is 1. The van der Waals surface area contributed by atoms with Gasteiger partial charge in [-0.15, -0.1) is 11.8 Å². The summed E-state index contributed by atoms with van der Waals surface area (Å²) < 4.78 is 5.40. The molecule has 0 aromatic heterocycles. The fraction of sp³-hybridized carbons (Fsp3) is 0.172. The minimum absolute atomic E-state index is 0.329. The normalized spacial score (nSPS) is 15.2. The van der Waals surface area contributed by atoms with Crippen LogP contribution in [0.2, 0.25) is 5.02 Å². The van der Waals surface area contributed by atoms with Crippen LogP contribution in [0, 0.1) is 18.3 Å². The minimum atomic E-state index is -0.625. The van der Waals surface area contributed by atoms with Gasteiger partial charge in [-0.25, -0.2) is 0 Å². The number of dihydropyridines is 1. The van der Waals surface area contributed by atoms with Gasteiger partial charge >= 0.3 is 0 Å². The number of methoxy groups -OCH3 is 1. The number of halogens is 1. The Morgan fingerprint density at radius 1 is 1.08 bits per heavy atom. The number of nitriles is 1. The van der Waals surface area contributed by atoms with Gasteiger partial charge in [0.2, 0.25) is 0 Å². The number of thioether (sulfide) groups is 1. The minimum Gasteiger partial charge on any atom is -0.495 e. The highest BCUT2D eigenvalue weighted by atomic mass is 35.5. The lowest BCUT2D eigenvalue weighted by Crippen LogP contribution is -2.31. The van der Waals surface area contributed by atoms with Crippen LogP contribution in [-0.4, -0.2) is 13.0 Å². The third-order valence-corrected chi connectivity index (χ3v) is 7.40. The second-order valence-corrected chi connectivity index (χ2v) is 9.79. The Labute approximate surface area is 220 Å². The summed E-state index contributed by atoms with van der Waals surface area (Å²) in [5.74, 6) is 0.275. The molecule has 1 unspecified atom stereocenters. The molecule has 0 spiro atoms. The van der Waals surface area contributed by atoms with Gasteiger partial charge in [0.05, 0.1) is 35.4 Å². The number of anilines is 1. The van der Waals surface area contributed by atoms with E-state index in [2.05, 4.69) is 47.9 Å². The van der Waals surface area contributed by atoms with Crippen LogP contribution in [0.3, 0.4) is 0 Å². The van der Waals surface area contributed by atoms with E-state index in [0.29, 0.717) is 49.6 Å². The maximum absolute atomic E-state index is 13.7. The average molecular weight is 516 g/mol. The van der Waals surface area contributed by atoms with Gasteiger partial charge in [0.15, 0.2) is 0 Å². The maximum Gasteiger partial charge on any atom is 0.254 e. The summed E-state index contributed by atoms with van der Waals surface area (Å²) in [5.41, 5.74) is 5.15. The van der Waals surface area contributed by atoms with Crippen molar-refractivity contribution in [2.75, 3.05) is 12.4 Å². The Balaban J connectivity index is 1.74. The highest BCUT2D eigenvalue weighted by Crippen LogP contribution is 2.43. The van der Waals surface area contributed by atoms with Crippen LogP contribution in [0.25, 0.3) is 0 Å². The van der Waals surface area contributed by atoms with Crippen LogP contribution >= 0.6 is 23.4 Å². The van der Waals surface area contributed by atoms with E-state index >= 15 is 0 Å². The third kappa shape index (κ3) is 5.43. The molecule has 1 aliphatic heterocycles. The third-order valence-electron chi connectivity index (χ3n) is 5.97. The molecule has 3 aromatic rings. The summed E-state index contributed by atoms with van der Waals surface area (Å²) in [6, 6.07) is 25.2. The van der Waals surface area contributed by atoms with E-state index in [-0.39, 0.29) is 5.91 Å². The zero-order chi connectivity index (χ0) is 25.7. The smallest absolute Gasteiger partial charge is 0.254 e. The Hall–Kier alpha value is -3.66. The molecule has 36 heavy (non-hydrogen) atoms. The molecule has 7 heteroatoms. The number of nitrogens with one attached hydrogen (secondary N) is 2. The number of ether oxygens (including phenoxy) is 1. The predicted octanol–water partition coefficient (Wildman–Crippen LogP) is 6.93. The summed E-state index contributed by atoms with van der Waals surface area (Å²) in [6.07, 6.45) is 0. The van der Waals surface area contributed by atoms with Crippen LogP contribution in [0.1, 0.15) is 29.5 Å². The standard InChI is InChI=1S/C29H26ClN3O2S/c1-18-12-14-20(15-13-18)17-36-29-22(16-31)27(21-8-4-5-9-23(21)30)26(19(2)32-29)28(34)33-24-10-6-7-11-25(24)35-3/h4-15,27,32H,17H2,1-3H3,(H,33,34). The Morgan fingerprint density at radius 2 is 1.78 bits per heavy atom. The summed E-state index contributed by atoms with van der Waals surface area (Å²) in [5, 5.41) is 17.8. The fourth-order valence-corrected chi connectivity index (χ4v) is 5.42. The van der Waals surface area contributed by atoms with Gasteiger partial charge in [-0.05, 0) is 43.2 Å². The zero-order valence-corrected chi connectivity index (χ0v) is 21.8. The number of para-hydroxylation sites is 2. The highest BCUT2D eigenvalue weighted by molar-refractivity contribution is 8.02. The molecule has 0 saturated heterocycles. The topological polar surface area (TPSA) is 74.2 Å². The first-order chi connectivity index (χ1) is 17.4. The molecule has 5 nitrogen and oxygen atoms in total. The van der Waals surface area contributed by atoms with Gasteiger partial charge in [0.1, 0.15) is 5.75 Å². The molecule has 1 heterocycles. The van der Waals surface area contributed by atoms with Crippen molar-refractivity contribution in [3.63, 3.8) is 0 Å². The lowest BCUT2D eigenvalue weighted by Gasteiger charge is -2.30. The number of hydrogen-bond acceptors (Lipinski definition) is 5. The molecule has 0 saturated carbocycles. The molecule has 0 fully saturated rings. The molecule has 4 rings (SSSR count). The van der Waals surface area contributed by atoms with Crippen molar-refractivity contribution < 1.29 is 9.53 Å². The lowest BCUT2D eigenvalue weighted by atomic mass is 9.82. The van der Waals surface area contributed by atoms with Gasteiger partial charge in [-0.3, -0.25) is 4.79 Å². The number of allylic oxidation sites excluding steroid dienone is 2. The summed E-state index contributed by atoms with van der Waals surface area (Å²) >= 11 is 8.15. The molecule has 1 aliphatic rings. The van der Waals surface area contributed by atoms with Gasteiger partial charge in [-0.1, -0.05) is 71.8 Å². The van der Waals surface area contributed by atoms with E-state index in [9.17, 15) is 10.1 Å². The van der Waals surface area contributed by atoms with Crippen LogP contribution in [0.5, 0.6) is 5.75 Å². The van der Waals surface area contributed by atoms with Crippen molar-refractivity contribution in [3.8, 4) is 11.8 Å². The van der Waals surface area contributed by atoms with Crippen LogP contribution in [0.4, 0.5) is 5.69 Å². The number of carbonyl (C=O) groups excluding carboxylic acids is 1. The van der Waals surface area contributed by atoms with E-state index in [4.69, 9.17) is 16.3 Å². The number of carbonyl (C=O) groups is 1. The fourth-order valence-electron chi connectivity index (χ4n) is 4.13. The number of aryl methyl sites for hydroxylation is 1. The van der Waals surface area contributed by atoms with Gasteiger partial charge in [-0.2, -0.15) is 5.26 Å². The van der Waals surface area contributed by atoms with Gasteiger partial charge < -0.3 is 15.4 Å². The summed E-state index contributed by atoms with van der Waals surface area (Å²) in [6.45, 7) is 3.90. The van der Waals surface area contributed by atoms with E-state index < -0.39 is 5.92 Å². The van der Waals surface area contributed by atoms with Crippen LogP contribution in [0.15, 0.2) is 94.7 Å². The first-order valence-corrected chi connectivity index (χ1v) is 12.8. The predicted molar refractivity (Wildman–Crippen MR) is 147 cm³/mol. The molecule has 0 radical (unpaired) electrons. The largest absolute Gasteiger partial charge is 0.495 e. The van der Waals surface area contributed by atoms with Crippen LogP contribution in [-0.2, 0) is 10.5 Å². The molecule has 2 N–H and O–H groups in total. The Bertz CT molecular complexity index is 1390. The molecular formula is C29H26ClN3O2S. The second kappa shape index (κ2) is 11.4. The molecule has 0 bridgehead atoms. The first-order valence-electron chi connectivity index (χ1n) is 11.4. The molecular weight excluding hydrogens is 490 g/mol. The second-order valence-electron chi connectivity index (χ2n) is 8.40. The van der Waals surface area contributed by atoms with E-state index in [1.807, 2.05) is 37.3 Å². The highest BCUT2D eigenvalue weighted by Gasteiger charge is 2.36. The van der Waals surface area contributed by atoms with Crippen molar-refractivity contribution in [3.05, 3.63) is 116 Å². The van der Waals surface area contributed by atoms with E-state index in [0.717, 1.165) is 5.56 Å². The first kappa shape index (κ1) is 25.4. The molecule has 1 amide bonds. The summed E-state index contributed by atoms with van der Waals surface area (Å²) in [4.78, 5) is 13.7. The molecule has 182 valence electrons. The number of benzene rings is 3. The van der Waals surface area contributed by atoms with Crippen molar-refractivity contribution in [1.82, 2.24) is 5.32 Å². The maximum atomic E-state index is 13.7. The molecule has 0 aliphatic carbocycles. The number of rotatable bonds is 7. The average Bonchev–Trinajstić information content (AvgIpc) is 2.88. The lowest BCUT2D eigenvalue weighted by molar-refractivity contribution is -0.113. The van der Waals surface area contributed by atoms with E-state index in [1.165, 1.54) is 17.3 Å². The van der Waals surface area contributed by atoms with E-state index in [1.54, 1.807) is 25.3 Å². The summed E-state index contributed by atoms with van der Waals surface area (Å²) in [7, 11) is 1.55. The van der Waals surface area contributed by atoms with Crippen LogP contribution < -0.4 is 15.4 Å². The zero-order valence-electron chi connectivity index (χ0n) is 20.3. The number of amides is 1. The van der Waals surface area contributed by atoms with Gasteiger partial charge in [0, 0.05) is 22.0 Å². The monoisotopic (exact) mass is 515 g/mol. The van der Waals surface area contributed by atoms with Crippen molar-refractivity contribution in [2.24, 2.45) is 0 Å². The molecule has 3 aromatic carbocycles. The van der Waals surface area contributed by atoms with Gasteiger partial charge in [0.25, 0.3) is 5.91 Å². The van der Waals surface area contributed by atoms with Crippen molar-refractivity contribution in [1.29, 1.82) is 5.26 Å². The number of hydrogen-bond donors (Lipinski definition) is 2. The Kier molecular flexibility index (Phi) is 8.04. The molecule has 1 atom stereocenters. The van der Waals surface area contributed by atoms with Crippen molar-refractivity contribution >= 4 is 35.0 Å².